The maximum Gasteiger partial charge on any atom is 0.222 e. The van der Waals surface area contributed by atoms with Crippen LogP contribution in [0.4, 0.5) is 5.95 Å². The van der Waals surface area contributed by atoms with Crippen LogP contribution in [-0.2, 0) is 12.8 Å². The minimum Gasteiger partial charge on any atom is -0.351 e. The molecular formula is C13H14N4. The van der Waals surface area contributed by atoms with E-state index in [2.05, 4.69) is 26.3 Å². The highest BCUT2D eigenvalue weighted by molar-refractivity contribution is 5.30. The van der Waals surface area contributed by atoms with Crippen molar-refractivity contribution in [3.05, 3.63) is 48.0 Å². The molecule has 1 N–H and O–H groups in total. The Labute approximate surface area is 100 Å². The molecule has 0 amide bonds. The lowest BCUT2D eigenvalue weighted by Crippen LogP contribution is -2.28. The molecule has 0 radical (unpaired) electrons. The van der Waals surface area contributed by atoms with Gasteiger partial charge in [-0.05, 0) is 37.0 Å². The number of hydrogen-bond donors (Lipinski definition) is 1. The number of anilines is 1. The first-order valence-corrected chi connectivity index (χ1v) is 5.88. The van der Waals surface area contributed by atoms with Gasteiger partial charge >= 0.3 is 0 Å². The van der Waals surface area contributed by atoms with E-state index in [4.69, 9.17) is 0 Å². The molecule has 0 aliphatic heterocycles. The maximum absolute atomic E-state index is 4.40. The number of aromatic nitrogens is 3. The molecule has 1 aliphatic carbocycles. The summed E-state index contributed by atoms with van der Waals surface area (Å²) in [5.74, 6) is 0.713. The predicted molar refractivity (Wildman–Crippen MR) is 65.7 cm³/mol. The van der Waals surface area contributed by atoms with E-state index in [0.717, 1.165) is 19.3 Å². The standard InChI is InChI=1S/C13H14N4/c1-3-10-9-11(4-5-12(10)14-6-1)17-13-15-7-2-8-16-13/h1-3,6-8,11H,4-5,9H2,(H,15,16,17)/t11-/m1/s1. The number of pyridine rings is 1. The van der Waals surface area contributed by atoms with Crippen molar-refractivity contribution in [2.24, 2.45) is 0 Å². The number of rotatable bonds is 2. The second-order valence-electron chi connectivity index (χ2n) is 4.27. The number of nitrogens with one attached hydrogen (secondary N) is 1. The molecule has 2 heterocycles. The third-order valence-electron chi connectivity index (χ3n) is 3.08. The van der Waals surface area contributed by atoms with Crippen LogP contribution in [0.15, 0.2) is 36.8 Å². The van der Waals surface area contributed by atoms with Crippen LogP contribution in [0.25, 0.3) is 0 Å². The third kappa shape index (κ3) is 2.25. The van der Waals surface area contributed by atoms with E-state index in [1.54, 1.807) is 12.4 Å². The molecule has 1 aliphatic rings. The van der Waals surface area contributed by atoms with Gasteiger partial charge < -0.3 is 5.32 Å². The van der Waals surface area contributed by atoms with Crippen LogP contribution in [0.2, 0.25) is 0 Å². The van der Waals surface area contributed by atoms with Gasteiger partial charge in [-0.15, -0.1) is 0 Å². The van der Waals surface area contributed by atoms with E-state index in [9.17, 15) is 0 Å². The number of aryl methyl sites for hydroxylation is 1. The fourth-order valence-corrected chi connectivity index (χ4v) is 2.24. The summed E-state index contributed by atoms with van der Waals surface area (Å²) in [5, 5.41) is 3.37. The Kier molecular flexibility index (Phi) is 2.69. The van der Waals surface area contributed by atoms with Crippen LogP contribution in [0, 0.1) is 0 Å². The summed E-state index contributed by atoms with van der Waals surface area (Å²) in [7, 11) is 0. The van der Waals surface area contributed by atoms with Gasteiger partial charge in [-0.3, -0.25) is 4.98 Å². The van der Waals surface area contributed by atoms with E-state index in [-0.39, 0.29) is 0 Å². The van der Waals surface area contributed by atoms with Crippen molar-refractivity contribution in [3.8, 4) is 0 Å². The van der Waals surface area contributed by atoms with E-state index in [1.165, 1.54) is 11.3 Å². The highest BCUT2D eigenvalue weighted by atomic mass is 15.1. The Hall–Kier alpha value is -1.97. The zero-order valence-corrected chi connectivity index (χ0v) is 9.50. The molecule has 2 aromatic heterocycles. The molecule has 1 atom stereocenters. The summed E-state index contributed by atoms with van der Waals surface area (Å²) in [6.45, 7) is 0. The highest BCUT2D eigenvalue weighted by Gasteiger charge is 2.19. The first-order valence-electron chi connectivity index (χ1n) is 5.88. The van der Waals surface area contributed by atoms with Crippen LogP contribution in [0.1, 0.15) is 17.7 Å². The molecule has 86 valence electrons. The molecule has 0 spiro atoms. The van der Waals surface area contributed by atoms with E-state index in [0.29, 0.717) is 12.0 Å². The second-order valence-corrected chi connectivity index (χ2v) is 4.27. The zero-order chi connectivity index (χ0) is 11.5. The summed E-state index contributed by atoms with van der Waals surface area (Å²) >= 11 is 0. The average Bonchev–Trinajstić information content (AvgIpc) is 2.40. The van der Waals surface area contributed by atoms with E-state index in [1.807, 2.05) is 18.3 Å². The van der Waals surface area contributed by atoms with Crippen molar-refractivity contribution in [2.75, 3.05) is 5.32 Å². The normalized spacial score (nSPS) is 18.5. The van der Waals surface area contributed by atoms with Crippen molar-refractivity contribution in [3.63, 3.8) is 0 Å². The maximum atomic E-state index is 4.40. The van der Waals surface area contributed by atoms with Crippen LogP contribution < -0.4 is 5.32 Å². The topological polar surface area (TPSA) is 50.7 Å². The van der Waals surface area contributed by atoms with Crippen molar-refractivity contribution in [1.82, 2.24) is 15.0 Å². The molecule has 0 saturated heterocycles. The first-order chi connectivity index (χ1) is 8.42. The zero-order valence-electron chi connectivity index (χ0n) is 9.50. The third-order valence-corrected chi connectivity index (χ3v) is 3.08. The Morgan fingerprint density at radius 1 is 1.06 bits per heavy atom. The summed E-state index contributed by atoms with van der Waals surface area (Å²) in [4.78, 5) is 12.8. The Morgan fingerprint density at radius 2 is 1.88 bits per heavy atom. The summed E-state index contributed by atoms with van der Waals surface area (Å²) in [6.07, 6.45) is 8.50. The lowest BCUT2D eigenvalue weighted by molar-refractivity contribution is 0.595. The van der Waals surface area contributed by atoms with Gasteiger partial charge in [0.1, 0.15) is 0 Å². The summed E-state index contributed by atoms with van der Waals surface area (Å²) < 4.78 is 0. The lowest BCUT2D eigenvalue weighted by Gasteiger charge is -2.24. The largest absolute Gasteiger partial charge is 0.351 e. The molecule has 2 aromatic rings. The van der Waals surface area contributed by atoms with Gasteiger partial charge in [-0.25, -0.2) is 9.97 Å². The molecule has 17 heavy (non-hydrogen) atoms. The van der Waals surface area contributed by atoms with Crippen molar-refractivity contribution >= 4 is 5.95 Å². The fourth-order valence-electron chi connectivity index (χ4n) is 2.24. The summed E-state index contributed by atoms with van der Waals surface area (Å²) in [5.41, 5.74) is 2.58. The van der Waals surface area contributed by atoms with E-state index < -0.39 is 0 Å². The first kappa shape index (κ1) is 10.2. The van der Waals surface area contributed by atoms with Crippen molar-refractivity contribution < 1.29 is 0 Å². The van der Waals surface area contributed by atoms with Gasteiger partial charge in [0.15, 0.2) is 0 Å². The lowest BCUT2D eigenvalue weighted by atomic mass is 9.92. The van der Waals surface area contributed by atoms with Gasteiger partial charge in [-0.2, -0.15) is 0 Å². The Bertz CT molecular complexity index is 498. The molecule has 0 unspecified atom stereocenters. The van der Waals surface area contributed by atoms with Crippen LogP contribution in [0.3, 0.4) is 0 Å². The van der Waals surface area contributed by atoms with E-state index >= 15 is 0 Å². The van der Waals surface area contributed by atoms with Crippen LogP contribution in [0.5, 0.6) is 0 Å². The molecule has 0 aromatic carbocycles. The molecule has 0 saturated carbocycles. The van der Waals surface area contributed by atoms with Gasteiger partial charge in [-0.1, -0.05) is 6.07 Å². The van der Waals surface area contributed by atoms with Crippen molar-refractivity contribution in [1.29, 1.82) is 0 Å². The van der Waals surface area contributed by atoms with Gasteiger partial charge in [0.05, 0.1) is 0 Å². The molecule has 0 fully saturated rings. The SMILES string of the molecule is c1cnc(N[C@@H]2CCc3ncccc3C2)nc1. The van der Waals surface area contributed by atoms with Gasteiger partial charge in [0.2, 0.25) is 5.95 Å². The minimum atomic E-state index is 0.411. The number of fused-ring (bicyclic) bond motifs is 1. The number of hydrogen-bond acceptors (Lipinski definition) is 4. The Balaban J connectivity index is 1.72. The molecule has 4 nitrogen and oxygen atoms in total. The number of nitrogens with zero attached hydrogens (tertiary/aromatic N) is 3. The van der Waals surface area contributed by atoms with Gasteiger partial charge in [0.25, 0.3) is 0 Å². The van der Waals surface area contributed by atoms with Crippen LogP contribution >= 0.6 is 0 Å². The van der Waals surface area contributed by atoms with Gasteiger partial charge in [0, 0.05) is 30.3 Å². The quantitative estimate of drug-likeness (QED) is 0.849. The van der Waals surface area contributed by atoms with Crippen LogP contribution in [-0.4, -0.2) is 21.0 Å². The van der Waals surface area contributed by atoms with Crippen molar-refractivity contribution in [2.45, 2.75) is 25.3 Å². The molecule has 3 rings (SSSR count). The molecule has 0 bridgehead atoms. The second kappa shape index (κ2) is 4.49. The monoisotopic (exact) mass is 226 g/mol. The Morgan fingerprint density at radius 3 is 2.76 bits per heavy atom. The minimum absolute atomic E-state index is 0.411. The predicted octanol–water partition coefficient (Wildman–Crippen LogP) is 1.84. The average molecular weight is 226 g/mol. The highest BCUT2D eigenvalue weighted by Crippen LogP contribution is 2.20. The smallest absolute Gasteiger partial charge is 0.222 e. The summed E-state index contributed by atoms with van der Waals surface area (Å²) in [6, 6.07) is 6.39. The molecular weight excluding hydrogens is 212 g/mol. The fraction of sp³-hybridized carbons (Fsp3) is 0.308. The molecule has 4 heteroatoms.